The van der Waals surface area contributed by atoms with Gasteiger partial charge in [-0.05, 0) is 52.0 Å². The summed E-state index contributed by atoms with van der Waals surface area (Å²) in [5.74, 6) is -0.182. The van der Waals surface area contributed by atoms with Crippen molar-refractivity contribution in [2.24, 2.45) is 0 Å². The maximum Gasteiger partial charge on any atom is 0.410 e. The first-order chi connectivity index (χ1) is 21.1. The highest BCUT2D eigenvalue weighted by Gasteiger charge is 2.50. The van der Waals surface area contributed by atoms with Crippen molar-refractivity contribution in [2.45, 2.75) is 76.2 Å². The van der Waals surface area contributed by atoms with Crippen LogP contribution in [0.2, 0.25) is 0 Å². The van der Waals surface area contributed by atoms with E-state index in [0.29, 0.717) is 38.3 Å². The molecule has 2 aromatic carbocycles. The van der Waals surface area contributed by atoms with Gasteiger partial charge in [0.15, 0.2) is 11.3 Å². The molecule has 1 spiro atoms. The fourth-order valence-electron chi connectivity index (χ4n) is 6.84. The lowest BCUT2D eigenvalue weighted by Crippen LogP contribution is -2.58. The molecule has 6 rings (SSSR count). The van der Waals surface area contributed by atoms with E-state index < -0.39 is 17.3 Å². The number of rotatable bonds is 5. The summed E-state index contributed by atoms with van der Waals surface area (Å²) in [6, 6.07) is 19.4. The van der Waals surface area contributed by atoms with Gasteiger partial charge in [-0.3, -0.25) is 4.79 Å². The molecule has 1 aromatic heterocycles. The van der Waals surface area contributed by atoms with E-state index >= 15 is 0 Å². The number of carbonyl (C=O) groups is 3. The molecular formula is C34H41N5O5. The Morgan fingerprint density at radius 3 is 2.45 bits per heavy atom. The molecule has 3 amide bonds. The number of hydrogen-bond donors (Lipinski definition) is 1. The molecule has 10 nitrogen and oxygen atoms in total. The third-order valence-electron chi connectivity index (χ3n) is 8.85. The molecule has 10 heteroatoms. The number of aromatic nitrogens is 2. The highest BCUT2D eigenvalue weighted by molar-refractivity contribution is 5.98. The van der Waals surface area contributed by atoms with Gasteiger partial charge >= 0.3 is 12.2 Å². The molecule has 2 aliphatic heterocycles. The molecule has 1 saturated carbocycles. The van der Waals surface area contributed by atoms with Gasteiger partial charge in [-0.1, -0.05) is 67.1 Å². The van der Waals surface area contributed by atoms with Gasteiger partial charge in [0.1, 0.15) is 5.60 Å². The lowest BCUT2D eigenvalue weighted by Gasteiger charge is -2.42. The van der Waals surface area contributed by atoms with Crippen LogP contribution in [0.1, 0.15) is 68.5 Å². The standard InChI is InChI=1S/C34H41N5O5/c1-33(2,3)44-32(42)37-18-19-38(26(21-37)20-24-12-6-4-7-13-24)30(40)28-29(25-14-8-5-9-15-25)39(23-36-28)27-16-10-11-17-34(27)22-35-31(41)43-34/h4-9,12-15,23,26-27H,10-11,16-22H2,1-3H3,(H,35,41)/t26-,27?,34?/m1/s1. The molecule has 1 aliphatic carbocycles. The maximum atomic E-state index is 14.6. The van der Waals surface area contributed by atoms with E-state index in [1.807, 2.05) is 86.3 Å². The van der Waals surface area contributed by atoms with Crippen LogP contribution in [0.15, 0.2) is 67.0 Å². The Morgan fingerprint density at radius 1 is 1.05 bits per heavy atom. The molecule has 3 aliphatic rings. The Kier molecular flexibility index (Phi) is 8.09. The van der Waals surface area contributed by atoms with Gasteiger partial charge in [-0.25, -0.2) is 14.6 Å². The van der Waals surface area contributed by atoms with Crippen molar-refractivity contribution in [3.8, 4) is 11.3 Å². The zero-order valence-corrected chi connectivity index (χ0v) is 25.7. The second-order valence-corrected chi connectivity index (χ2v) is 13.1. The Balaban J connectivity index is 1.36. The SMILES string of the molecule is CC(C)(C)OC(=O)N1CCN(C(=O)c2ncn(C3CCCCC34CNC(=O)O4)c2-c2ccccc2)[C@H](Cc2ccccc2)C1. The van der Waals surface area contributed by atoms with Crippen molar-refractivity contribution in [2.75, 3.05) is 26.2 Å². The van der Waals surface area contributed by atoms with Gasteiger partial charge in [0.05, 0.1) is 30.6 Å². The Morgan fingerprint density at radius 2 is 1.77 bits per heavy atom. The first-order valence-electron chi connectivity index (χ1n) is 15.6. The van der Waals surface area contributed by atoms with Gasteiger partial charge in [0.25, 0.3) is 5.91 Å². The predicted octanol–water partition coefficient (Wildman–Crippen LogP) is 5.45. The number of ether oxygens (including phenoxy) is 2. The summed E-state index contributed by atoms with van der Waals surface area (Å²) in [6.07, 6.45) is 5.06. The van der Waals surface area contributed by atoms with Crippen molar-refractivity contribution in [3.05, 3.63) is 78.2 Å². The van der Waals surface area contributed by atoms with E-state index in [9.17, 15) is 14.4 Å². The van der Waals surface area contributed by atoms with Gasteiger partial charge in [-0.15, -0.1) is 0 Å². The molecule has 0 radical (unpaired) electrons. The summed E-state index contributed by atoms with van der Waals surface area (Å²) in [5.41, 5.74) is 1.73. The lowest BCUT2D eigenvalue weighted by molar-refractivity contribution is -0.0159. The van der Waals surface area contributed by atoms with Crippen molar-refractivity contribution in [1.82, 2.24) is 24.7 Å². The van der Waals surface area contributed by atoms with Gasteiger partial charge in [-0.2, -0.15) is 0 Å². The zero-order chi connectivity index (χ0) is 30.9. The van der Waals surface area contributed by atoms with E-state index in [1.165, 1.54) is 0 Å². The lowest BCUT2D eigenvalue weighted by atomic mass is 9.80. The minimum absolute atomic E-state index is 0.163. The van der Waals surface area contributed by atoms with Crippen LogP contribution in [0.25, 0.3) is 11.3 Å². The quantitative estimate of drug-likeness (QED) is 0.418. The number of amides is 3. The predicted molar refractivity (Wildman–Crippen MR) is 165 cm³/mol. The van der Waals surface area contributed by atoms with Crippen molar-refractivity contribution >= 4 is 18.1 Å². The maximum absolute atomic E-state index is 14.6. The average Bonchev–Trinajstić information content (AvgIpc) is 3.61. The van der Waals surface area contributed by atoms with Gasteiger partial charge < -0.3 is 29.2 Å². The molecule has 3 heterocycles. The third-order valence-corrected chi connectivity index (χ3v) is 8.85. The highest BCUT2D eigenvalue weighted by Crippen LogP contribution is 2.44. The van der Waals surface area contributed by atoms with E-state index in [0.717, 1.165) is 42.5 Å². The van der Waals surface area contributed by atoms with E-state index in [2.05, 4.69) is 9.88 Å². The monoisotopic (exact) mass is 599 g/mol. The first kappa shape index (κ1) is 29.7. The number of nitrogens with zero attached hydrogens (tertiary/aromatic N) is 4. The fraction of sp³-hybridized carbons (Fsp3) is 0.471. The number of benzene rings is 2. The minimum Gasteiger partial charge on any atom is -0.444 e. The third kappa shape index (κ3) is 6.02. The van der Waals surface area contributed by atoms with E-state index in [4.69, 9.17) is 14.5 Å². The van der Waals surface area contributed by atoms with Crippen molar-refractivity contribution < 1.29 is 23.9 Å². The van der Waals surface area contributed by atoms with Crippen molar-refractivity contribution in [1.29, 1.82) is 0 Å². The minimum atomic E-state index is -0.686. The second-order valence-electron chi connectivity index (χ2n) is 13.1. The van der Waals surface area contributed by atoms with Crippen LogP contribution in [-0.4, -0.2) is 80.9 Å². The first-order valence-corrected chi connectivity index (χ1v) is 15.6. The number of imidazole rings is 1. The Hall–Kier alpha value is -4.34. The van der Waals surface area contributed by atoms with Crippen LogP contribution in [-0.2, 0) is 15.9 Å². The Labute approximate surface area is 258 Å². The summed E-state index contributed by atoms with van der Waals surface area (Å²) in [6.45, 7) is 7.06. The summed E-state index contributed by atoms with van der Waals surface area (Å²) >= 11 is 0. The number of alkyl carbamates (subject to hydrolysis) is 1. The van der Waals surface area contributed by atoms with Gasteiger partial charge in [0.2, 0.25) is 0 Å². The van der Waals surface area contributed by atoms with E-state index in [-0.39, 0.29) is 24.1 Å². The molecule has 1 N–H and O–H groups in total. The summed E-state index contributed by atoms with van der Waals surface area (Å²) < 4.78 is 13.7. The second kappa shape index (κ2) is 12.0. The molecule has 0 bridgehead atoms. The normalized spacial score (nSPS) is 23.8. The zero-order valence-electron chi connectivity index (χ0n) is 25.7. The average molecular weight is 600 g/mol. The van der Waals surface area contributed by atoms with Gasteiger partial charge in [0, 0.05) is 25.2 Å². The molecule has 3 aromatic rings. The molecule has 2 saturated heterocycles. The molecule has 3 fully saturated rings. The van der Waals surface area contributed by atoms with Crippen molar-refractivity contribution in [3.63, 3.8) is 0 Å². The van der Waals surface area contributed by atoms with Crippen LogP contribution in [0.5, 0.6) is 0 Å². The fourth-order valence-corrected chi connectivity index (χ4v) is 6.84. The molecular weight excluding hydrogens is 558 g/mol. The Bertz CT molecular complexity index is 1500. The smallest absolute Gasteiger partial charge is 0.410 e. The number of hydrogen-bond acceptors (Lipinski definition) is 6. The van der Waals surface area contributed by atoms with Crippen LogP contribution in [0.4, 0.5) is 9.59 Å². The van der Waals surface area contributed by atoms with Crippen LogP contribution < -0.4 is 5.32 Å². The molecule has 44 heavy (non-hydrogen) atoms. The molecule has 3 atom stereocenters. The highest BCUT2D eigenvalue weighted by atomic mass is 16.6. The molecule has 2 unspecified atom stereocenters. The van der Waals surface area contributed by atoms with Crippen LogP contribution in [0, 0.1) is 0 Å². The van der Waals surface area contributed by atoms with Crippen LogP contribution >= 0.6 is 0 Å². The largest absolute Gasteiger partial charge is 0.444 e. The topological polar surface area (TPSA) is 106 Å². The molecule has 232 valence electrons. The summed E-state index contributed by atoms with van der Waals surface area (Å²) in [5, 5.41) is 2.86. The number of piperazine rings is 1. The number of carbonyl (C=O) groups excluding carboxylic acids is 3. The van der Waals surface area contributed by atoms with Crippen LogP contribution in [0.3, 0.4) is 0 Å². The number of nitrogens with one attached hydrogen (secondary N) is 1. The summed E-state index contributed by atoms with van der Waals surface area (Å²) in [7, 11) is 0. The summed E-state index contributed by atoms with van der Waals surface area (Å²) in [4.78, 5) is 48.2. The van der Waals surface area contributed by atoms with E-state index in [1.54, 1.807) is 11.2 Å².